The fraction of sp³-hybridized carbons (Fsp3) is 0.269. The van der Waals surface area contributed by atoms with Crippen LogP contribution in [0, 0.1) is 0 Å². The molecule has 1 aromatic carbocycles. The third kappa shape index (κ3) is 5.61. The van der Waals surface area contributed by atoms with Crippen molar-refractivity contribution in [2.45, 2.75) is 25.8 Å². The largest absolute Gasteiger partial charge is 0.456 e. The number of aromatic amines is 1. The number of likely N-dealkylation sites (tertiary alicyclic amines) is 1. The number of ether oxygens (including phenoxy) is 1. The molecule has 0 unspecified atom stereocenters. The van der Waals surface area contributed by atoms with Crippen molar-refractivity contribution in [3.63, 3.8) is 0 Å². The number of pyridine rings is 2. The molecule has 1 saturated heterocycles. The van der Waals surface area contributed by atoms with E-state index in [1.54, 1.807) is 54.9 Å². The van der Waals surface area contributed by atoms with Crippen LogP contribution in [0.25, 0.3) is 11.0 Å². The van der Waals surface area contributed by atoms with Crippen molar-refractivity contribution < 1.29 is 14.3 Å². The molecule has 1 aliphatic heterocycles. The van der Waals surface area contributed by atoms with E-state index in [0.29, 0.717) is 47.4 Å². The molecule has 37 heavy (non-hydrogen) atoms. The van der Waals surface area contributed by atoms with Crippen LogP contribution in [0.5, 0.6) is 11.5 Å². The van der Waals surface area contributed by atoms with Gasteiger partial charge in [0.1, 0.15) is 22.7 Å². The van der Waals surface area contributed by atoms with E-state index in [4.69, 9.17) is 4.74 Å². The Bertz CT molecular complexity index is 1370. The van der Waals surface area contributed by atoms with Crippen LogP contribution in [0.1, 0.15) is 30.1 Å². The van der Waals surface area contributed by atoms with E-state index in [2.05, 4.69) is 36.1 Å². The van der Waals surface area contributed by atoms with Gasteiger partial charge >= 0.3 is 6.03 Å². The molecule has 0 aliphatic carbocycles. The molecule has 5 rings (SSSR count). The number of amides is 3. The third-order valence-corrected chi connectivity index (χ3v) is 6.05. The number of hydrogen-bond acceptors (Lipinski definition) is 7. The van der Waals surface area contributed by atoms with Gasteiger partial charge in [-0.15, -0.1) is 0 Å². The van der Waals surface area contributed by atoms with Gasteiger partial charge in [-0.05, 0) is 56.2 Å². The fourth-order valence-corrected chi connectivity index (χ4v) is 4.27. The lowest BCUT2D eigenvalue weighted by Crippen LogP contribution is -2.49. The van der Waals surface area contributed by atoms with Gasteiger partial charge in [0.05, 0.1) is 0 Å². The lowest BCUT2D eigenvalue weighted by atomic mass is 10.1. The summed E-state index contributed by atoms with van der Waals surface area (Å²) in [5.41, 5.74) is 1.07. The second kappa shape index (κ2) is 10.9. The summed E-state index contributed by atoms with van der Waals surface area (Å²) in [5, 5.41) is 17.2. The number of carbonyl (C=O) groups excluding carboxylic acids is 2. The number of fused-ring (bicyclic) bond motifs is 1. The summed E-state index contributed by atoms with van der Waals surface area (Å²) in [4.78, 5) is 35.1. The molecule has 0 bridgehead atoms. The zero-order valence-corrected chi connectivity index (χ0v) is 20.4. The highest BCUT2D eigenvalue weighted by Gasteiger charge is 2.25. The summed E-state index contributed by atoms with van der Waals surface area (Å²) >= 11 is 0. The number of aromatic nitrogens is 4. The summed E-state index contributed by atoms with van der Waals surface area (Å²) in [6.07, 6.45) is 5.09. The SMILES string of the molecule is CCNC(=O)N1CCC[C@@H](Nc2n[nH]c3nccc(Oc4ccc(C(=O)Nc5ccccn5)cc4)c23)C1. The smallest absolute Gasteiger partial charge is 0.317 e. The number of piperidine rings is 1. The predicted molar refractivity (Wildman–Crippen MR) is 140 cm³/mol. The average Bonchev–Trinajstić information content (AvgIpc) is 3.33. The second-order valence-corrected chi connectivity index (χ2v) is 8.67. The van der Waals surface area contributed by atoms with Crippen LogP contribution in [0.15, 0.2) is 60.9 Å². The number of rotatable bonds is 7. The molecule has 1 fully saturated rings. The maximum Gasteiger partial charge on any atom is 0.317 e. The van der Waals surface area contributed by atoms with Crippen molar-refractivity contribution in [1.29, 1.82) is 0 Å². The fourth-order valence-electron chi connectivity index (χ4n) is 4.27. The number of nitrogens with one attached hydrogen (secondary N) is 4. The topological polar surface area (TPSA) is 137 Å². The Morgan fingerprint density at radius 1 is 1.11 bits per heavy atom. The van der Waals surface area contributed by atoms with Crippen LogP contribution in [-0.4, -0.2) is 62.7 Å². The van der Waals surface area contributed by atoms with E-state index < -0.39 is 0 Å². The number of hydrogen-bond donors (Lipinski definition) is 4. The van der Waals surface area contributed by atoms with Gasteiger partial charge < -0.3 is 25.6 Å². The van der Waals surface area contributed by atoms with Crippen LogP contribution in [0.3, 0.4) is 0 Å². The maximum atomic E-state index is 12.5. The number of carbonyl (C=O) groups is 2. The van der Waals surface area contributed by atoms with Gasteiger partial charge in [-0.1, -0.05) is 6.07 Å². The van der Waals surface area contributed by atoms with E-state index in [-0.39, 0.29) is 18.0 Å². The summed E-state index contributed by atoms with van der Waals surface area (Å²) in [6, 6.07) is 13.9. The first kappa shape index (κ1) is 24.0. The van der Waals surface area contributed by atoms with Crippen LogP contribution in [0.2, 0.25) is 0 Å². The lowest BCUT2D eigenvalue weighted by molar-refractivity contribution is 0.102. The minimum Gasteiger partial charge on any atom is -0.456 e. The molecule has 4 heterocycles. The Labute approximate surface area is 213 Å². The Morgan fingerprint density at radius 2 is 1.97 bits per heavy atom. The summed E-state index contributed by atoms with van der Waals surface area (Å²) < 4.78 is 6.17. The molecular weight excluding hydrogens is 472 g/mol. The minimum atomic E-state index is -0.257. The van der Waals surface area contributed by atoms with E-state index in [1.165, 1.54) is 0 Å². The van der Waals surface area contributed by atoms with Crippen molar-refractivity contribution in [3.05, 3.63) is 66.5 Å². The monoisotopic (exact) mass is 500 g/mol. The van der Waals surface area contributed by atoms with Crippen molar-refractivity contribution in [2.75, 3.05) is 30.3 Å². The predicted octanol–water partition coefficient (Wildman–Crippen LogP) is 4.00. The van der Waals surface area contributed by atoms with Crippen molar-refractivity contribution in [2.24, 2.45) is 0 Å². The zero-order valence-electron chi connectivity index (χ0n) is 20.4. The standard InChI is InChI=1S/C26H28N8O3/c1-2-27-26(36)34-15-5-6-18(16-34)30-24-22-20(12-14-29-23(22)32-33-24)37-19-10-8-17(9-11-19)25(35)31-21-7-3-4-13-28-21/h3-4,7-14,18H,2,5-6,15-16H2,1H3,(H,27,36)(H,28,31,35)(H2,29,30,32,33)/t18-/m1/s1. The minimum absolute atomic E-state index is 0.0489. The first-order valence-electron chi connectivity index (χ1n) is 12.2. The number of urea groups is 1. The number of anilines is 2. The van der Waals surface area contributed by atoms with Crippen LogP contribution >= 0.6 is 0 Å². The van der Waals surface area contributed by atoms with Gasteiger partial charge in [0.2, 0.25) is 0 Å². The Kier molecular flexibility index (Phi) is 7.11. The molecule has 4 N–H and O–H groups in total. The van der Waals surface area contributed by atoms with E-state index in [0.717, 1.165) is 24.8 Å². The van der Waals surface area contributed by atoms with Gasteiger partial charge in [0.15, 0.2) is 11.5 Å². The summed E-state index contributed by atoms with van der Waals surface area (Å²) in [5.74, 6) is 1.98. The maximum absolute atomic E-state index is 12.5. The molecule has 3 aromatic heterocycles. The van der Waals surface area contributed by atoms with E-state index >= 15 is 0 Å². The molecule has 4 aromatic rings. The average molecular weight is 501 g/mol. The zero-order chi connectivity index (χ0) is 25.6. The molecule has 1 aliphatic rings. The molecule has 0 saturated carbocycles. The number of benzene rings is 1. The van der Waals surface area contributed by atoms with Gasteiger partial charge in [-0.3, -0.25) is 9.89 Å². The van der Waals surface area contributed by atoms with Crippen LogP contribution < -0.4 is 20.7 Å². The third-order valence-electron chi connectivity index (χ3n) is 6.05. The number of nitrogens with zero attached hydrogens (tertiary/aromatic N) is 4. The highest BCUT2D eigenvalue weighted by Crippen LogP contribution is 2.33. The molecule has 3 amide bonds. The normalized spacial score (nSPS) is 15.3. The van der Waals surface area contributed by atoms with Gasteiger partial charge in [-0.25, -0.2) is 14.8 Å². The van der Waals surface area contributed by atoms with E-state index in [1.807, 2.05) is 17.9 Å². The van der Waals surface area contributed by atoms with Crippen LogP contribution in [0.4, 0.5) is 16.4 Å². The molecule has 11 heteroatoms. The first-order valence-corrected chi connectivity index (χ1v) is 12.2. The van der Waals surface area contributed by atoms with E-state index in [9.17, 15) is 9.59 Å². The quantitative estimate of drug-likeness (QED) is 0.301. The van der Waals surface area contributed by atoms with Crippen molar-refractivity contribution >= 4 is 34.6 Å². The van der Waals surface area contributed by atoms with Gasteiger partial charge in [0, 0.05) is 49.7 Å². The molecular formula is C26H28N8O3. The second-order valence-electron chi connectivity index (χ2n) is 8.67. The lowest BCUT2D eigenvalue weighted by Gasteiger charge is -2.33. The Balaban J connectivity index is 1.29. The van der Waals surface area contributed by atoms with Crippen molar-refractivity contribution in [3.8, 4) is 11.5 Å². The van der Waals surface area contributed by atoms with Gasteiger partial charge in [-0.2, -0.15) is 5.10 Å². The molecule has 11 nitrogen and oxygen atoms in total. The van der Waals surface area contributed by atoms with Gasteiger partial charge in [0.25, 0.3) is 5.91 Å². The van der Waals surface area contributed by atoms with Crippen molar-refractivity contribution in [1.82, 2.24) is 30.4 Å². The summed E-state index contributed by atoms with van der Waals surface area (Å²) in [6.45, 7) is 3.82. The highest BCUT2D eigenvalue weighted by molar-refractivity contribution is 6.03. The first-order chi connectivity index (χ1) is 18.1. The number of H-pyrrole nitrogens is 1. The highest BCUT2D eigenvalue weighted by atomic mass is 16.5. The molecule has 190 valence electrons. The van der Waals surface area contributed by atoms with Crippen LogP contribution in [-0.2, 0) is 0 Å². The molecule has 0 radical (unpaired) electrons. The Morgan fingerprint density at radius 3 is 2.76 bits per heavy atom. The summed E-state index contributed by atoms with van der Waals surface area (Å²) in [7, 11) is 0. The molecule has 0 spiro atoms. The Hall–Kier alpha value is -4.67. The molecule has 1 atom stereocenters.